The topological polar surface area (TPSA) is 63.7 Å². The van der Waals surface area contributed by atoms with Gasteiger partial charge in [-0.15, -0.1) is 0 Å². The smallest absolute Gasteiger partial charge is 0.343 e. The molecule has 1 fully saturated rings. The van der Waals surface area contributed by atoms with Crippen molar-refractivity contribution in [1.82, 2.24) is 4.90 Å². The summed E-state index contributed by atoms with van der Waals surface area (Å²) in [4.78, 5) is 38.8. The number of imide groups is 1. The number of thioether (sulfide) groups is 1. The molecule has 0 radical (unpaired) electrons. The Bertz CT molecular complexity index is 1170. The number of benzene rings is 3. The summed E-state index contributed by atoms with van der Waals surface area (Å²) in [5, 5.41) is -0.288. The van der Waals surface area contributed by atoms with E-state index in [-0.39, 0.29) is 17.7 Å². The van der Waals surface area contributed by atoms with Gasteiger partial charge in [0.25, 0.3) is 11.1 Å². The molecule has 1 aliphatic rings. The van der Waals surface area contributed by atoms with Gasteiger partial charge in [-0.1, -0.05) is 60.2 Å². The van der Waals surface area contributed by atoms with Crippen LogP contribution >= 0.6 is 11.8 Å². The van der Waals surface area contributed by atoms with Crippen molar-refractivity contribution >= 4 is 35.0 Å². The maximum Gasteiger partial charge on any atom is 0.343 e. The number of hydrogen-bond acceptors (Lipinski definition) is 5. The van der Waals surface area contributed by atoms with E-state index >= 15 is 0 Å². The van der Waals surface area contributed by atoms with Gasteiger partial charge in [0.05, 0.1) is 17.0 Å². The number of ether oxygens (including phenoxy) is 1. The number of hydrogen-bond donors (Lipinski definition) is 0. The monoisotopic (exact) mass is 429 g/mol. The summed E-state index contributed by atoms with van der Waals surface area (Å²) in [6.07, 6.45) is 1.67. The van der Waals surface area contributed by atoms with Gasteiger partial charge >= 0.3 is 5.97 Å². The van der Waals surface area contributed by atoms with Gasteiger partial charge in [-0.05, 0) is 60.2 Å². The van der Waals surface area contributed by atoms with E-state index in [1.807, 2.05) is 43.3 Å². The van der Waals surface area contributed by atoms with E-state index in [1.165, 1.54) is 4.90 Å². The molecule has 0 N–H and O–H groups in total. The Morgan fingerprint density at radius 1 is 0.968 bits per heavy atom. The highest BCUT2D eigenvalue weighted by Gasteiger charge is 2.34. The summed E-state index contributed by atoms with van der Waals surface area (Å²) >= 11 is 0.923. The molecule has 0 aliphatic carbocycles. The van der Waals surface area contributed by atoms with Gasteiger partial charge in [0.2, 0.25) is 0 Å². The van der Waals surface area contributed by atoms with Crippen LogP contribution in [-0.4, -0.2) is 22.0 Å². The van der Waals surface area contributed by atoms with Gasteiger partial charge in [-0.3, -0.25) is 14.5 Å². The van der Waals surface area contributed by atoms with Gasteiger partial charge in [0.1, 0.15) is 5.75 Å². The van der Waals surface area contributed by atoms with Crippen molar-refractivity contribution in [2.24, 2.45) is 0 Å². The lowest BCUT2D eigenvalue weighted by Crippen LogP contribution is -2.27. The zero-order chi connectivity index (χ0) is 21.8. The molecule has 1 aliphatic heterocycles. The van der Waals surface area contributed by atoms with Crippen LogP contribution < -0.4 is 4.74 Å². The van der Waals surface area contributed by atoms with Crippen LogP contribution in [-0.2, 0) is 11.3 Å². The third-order valence-corrected chi connectivity index (χ3v) is 5.61. The Labute approximate surface area is 184 Å². The Hall–Kier alpha value is -3.64. The Morgan fingerprint density at radius 2 is 1.71 bits per heavy atom. The minimum atomic E-state index is -0.432. The van der Waals surface area contributed by atoms with E-state index in [9.17, 15) is 14.4 Å². The maximum atomic E-state index is 12.7. The second-order valence-electron chi connectivity index (χ2n) is 7.08. The predicted molar refractivity (Wildman–Crippen MR) is 121 cm³/mol. The van der Waals surface area contributed by atoms with Crippen molar-refractivity contribution in [2.75, 3.05) is 0 Å². The molecule has 0 atom stereocenters. The quantitative estimate of drug-likeness (QED) is 0.307. The first-order chi connectivity index (χ1) is 15.0. The second-order valence-corrected chi connectivity index (χ2v) is 8.07. The maximum absolute atomic E-state index is 12.7. The third-order valence-electron chi connectivity index (χ3n) is 4.70. The van der Waals surface area contributed by atoms with Crippen molar-refractivity contribution in [2.45, 2.75) is 13.5 Å². The zero-order valence-corrected chi connectivity index (χ0v) is 17.6. The molecular weight excluding hydrogens is 410 g/mol. The Balaban J connectivity index is 1.44. The fourth-order valence-electron chi connectivity index (χ4n) is 3.12. The van der Waals surface area contributed by atoms with Crippen LogP contribution in [0.15, 0.2) is 83.8 Å². The lowest BCUT2D eigenvalue weighted by atomic mass is 10.1. The van der Waals surface area contributed by atoms with E-state index in [1.54, 1.807) is 48.5 Å². The van der Waals surface area contributed by atoms with E-state index in [0.29, 0.717) is 16.2 Å². The van der Waals surface area contributed by atoms with Gasteiger partial charge in [-0.2, -0.15) is 0 Å². The van der Waals surface area contributed by atoms with Crippen LogP contribution in [0.5, 0.6) is 5.75 Å². The first-order valence-corrected chi connectivity index (χ1v) is 10.5. The highest BCUT2D eigenvalue weighted by Crippen LogP contribution is 2.33. The minimum Gasteiger partial charge on any atom is -0.423 e. The van der Waals surface area contributed by atoms with Gasteiger partial charge in [0.15, 0.2) is 0 Å². The summed E-state index contributed by atoms with van der Waals surface area (Å²) in [6, 6.07) is 23.4. The van der Waals surface area contributed by atoms with E-state index < -0.39 is 5.97 Å². The van der Waals surface area contributed by atoms with Crippen molar-refractivity contribution in [1.29, 1.82) is 0 Å². The normalized spacial score (nSPS) is 14.9. The number of nitrogens with zero attached hydrogens (tertiary/aromatic N) is 1. The first-order valence-electron chi connectivity index (χ1n) is 9.68. The number of carbonyl (C=O) groups excluding carboxylic acids is 3. The summed E-state index contributed by atoms with van der Waals surface area (Å²) in [5.41, 5.74) is 3.09. The molecule has 0 unspecified atom stereocenters. The van der Waals surface area contributed by atoms with Crippen LogP contribution in [0.25, 0.3) is 6.08 Å². The minimum absolute atomic E-state index is 0.247. The highest BCUT2D eigenvalue weighted by atomic mass is 32.2. The molecule has 0 spiro atoms. The van der Waals surface area contributed by atoms with Crippen molar-refractivity contribution in [3.63, 3.8) is 0 Å². The van der Waals surface area contributed by atoms with Crippen LogP contribution in [0.1, 0.15) is 27.0 Å². The van der Waals surface area contributed by atoms with Gasteiger partial charge in [0, 0.05) is 0 Å². The van der Waals surface area contributed by atoms with Crippen molar-refractivity contribution in [3.05, 3.63) is 106 Å². The van der Waals surface area contributed by atoms with Crippen LogP contribution in [0.4, 0.5) is 4.79 Å². The fraction of sp³-hybridized carbons (Fsp3) is 0.0800. The molecule has 3 aromatic rings. The molecule has 154 valence electrons. The first kappa shape index (κ1) is 20.6. The summed E-state index contributed by atoms with van der Waals surface area (Å²) in [6.45, 7) is 2.16. The molecular formula is C25H19NO4S. The zero-order valence-electron chi connectivity index (χ0n) is 16.8. The molecule has 31 heavy (non-hydrogen) atoms. The predicted octanol–water partition coefficient (Wildman–Crippen LogP) is 5.45. The molecule has 0 saturated carbocycles. The van der Waals surface area contributed by atoms with Gasteiger partial charge < -0.3 is 4.74 Å². The summed E-state index contributed by atoms with van der Waals surface area (Å²) in [7, 11) is 0. The molecule has 0 bridgehead atoms. The molecule has 3 aromatic carbocycles. The fourth-order valence-corrected chi connectivity index (χ4v) is 3.96. The van der Waals surface area contributed by atoms with E-state index in [2.05, 4.69) is 0 Å². The summed E-state index contributed by atoms with van der Waals surface area (Å²) < 4.78 is 5.41. The largest absolute Gasteiger partial charge is 0.423 e. The van der Waals surface area contributed by atoms with Crippen LogP contribution in [0, 0.1) is 6.92 Å². The van der Waals surface area contributed by atoms with Crippen molar-refractivity contribution in [3.8, 4) is 5.75 Å². The van der Waals surface area contributed by atoms with E-state index in [4.69, 9.17) is 4.74 Å². The van der Waals surface area contributed by atoms with Gasteiger partial charge in [-0.25, -0.2) is 4.79 Å². The number of aryl methyl sites for hydroxylation is 1. The van der Waals surface area contributed by atoms with E-state index in [0.717, 1.165) is 28.5 Å². The molecule has 1 heterocycles. The number of amides is 2. The van der Waals surface area contributed by atoms with Crippen LogP contribution in [0.3, 0.4) is 0 Å². The molecule has 1 saturated heterocycles. The molecule has 2 amide bonds. The standard InChI is InChI=1S/C25H19NO4S/c1-17-6-5-9-20(14-17)24(28)30-21-12-10-18(11-13-21)15-22-23(27)26(25(29)31-22)16-19-7-3-2-4-8-19/h2-15H,16H2,1H3/b22-15-. The third kappa shape index (κ3) is 4.92. The average Bonchev–Trinajstić information content (AvgIpc) is 3.03. The summed E-state index contributed by atoms with van der Waals surface area (Å²) in [5.74, 6) is -0.340. The average molecular weight is 429 g/mol. The Kier molecular flexibility index (Phi) is 6.00. The SMILES string of the molecule is Cc1cccc(C(=O)Oc2ccc(/C=C3\SC(=O)N(Cc4ccccc4)C3=O)cc2)c1. The van der Waals surface area contributed by atoms with Crippen molar-refractivity contribution < 1.29 is 19.1 Å². The number of rotatable bonds is 5. The highest BCUT2D eigenvalue weighted by molar-refractivity contribution is 8.18. The Morgan fingerprint density at radius 3 is 2.42 bits per heavy atom. The molecule has 0 aromatic heterocycles. The number of esters is 1. The lowest BCUT2D eigenvalue weighted by Gasteiger charge is -2.12. The number of carbonyl (C=O) groups is 3. The molecule has 4 rings (SSSR count). The molecule has 6 heteroatoms. The lowest BCUT2D eigenvalue weighted by molar-refractivity contribution is -0.123. The molecule has 5 nitrogen and oxygen atoms in total. The second kappa shape index (κ2) is 9.02. The van der Waals surface area contributed by atoms with Crippen LogP contribution in [0.2, 0.25) is 0 Å².